The predicted molar refractivity (Wildman–Crippen MR) is 89.4 cm³/mol. The van der Waals surface area contributed by atoms with E-state index in [0.717, 1.165) is 29.9 Å². The first-order valence-corrected chi connectivity index (χ1v) is 8.64. The van der Waals surface area contributed by atoms with Gasteiger partial charge in [0.15, 0.2) is 5.65 Å². The summed E-state index contributed by atoms with van der Waals surface area (Å²) in [5, 5.41) is 5.37. The number of aryl methyl sites for hydroxylation is 1. The summed E-state index contributed by atoms with van der Waals surface area (Å²) in [6.45, 7) is 2.91. The molecule has 2 atom stereocenters. The molecular formula is C17H25N5O. The van der Waals surface area contributed by atoms with Crippen molar-refractivity contribution < 1.29 is 4.74 Å². The molecule has 124 valence electrons. The quantitative estimate of drug-likeness (QED) is 0.868. The number of nitrogens with zero attached hydrogens (tertiary/aromatic N) is 5. The second-order valence-electron chi connectivity index (χ2n) is 6.95. The van der Waals surface area contributed by atoms with Crippen molar-refractivity contribution in [3.05, 3.63) is 12.5 Å². The van der Waals surface area contributed by atoms with E-state index in [4.69, 9.17) is 4.74 Å². The van der Waals surface area contributed by atoms with Gasteiger partial charge in [-0.2, -0.15) is 5.10 Å². The molecule has 0 amide bonds. The highest BCUT2D eigenvalue weighted by Gasteiger charge is 2.58. The van der Waals surface area contributed by atoms with Crippen LogP contribution in [0.2, 0.25) is 0 Å². The first-order valence-electron chi connectivity index (χ1n) is 8.64. The van der Waals surface area contributed by atoms with Crippen molar-refractivity contribution in [1.82, 2.24) is 19.7 Å². The number of rotatable bonds is 4. The Balaban J connectivity index is 1.67. The van der Waals surface area contributed by atoms with E-state index in [1.54, 1.807) is 6.33 Å². The zero-order valence-corrected chi connectivity index (χ0v) is 14.2. The Morgan fingerprint density at radius 1 is 1.35 bits per heavy atom. The smallest absolute Gasteiger partial charge is 0.163 e. The summed E-state index contributed by atoms with van der Waals surface area (Å²) >= 11 is 0. The van der Waals surface area contributed by atoms with Crippen LogP contribution in [-0.2, 0) is 11.8 Å². The van der Waals surface area contributed by atoms with Crippen molar-refractivity contribution in [3.63, 3.8) is 0 Å². The van der Waals surface area contributed by atoms with E-state index in [1.807, 2.05) is 17.9 Å². The van der Waals surface area contributed by atoms with Crippen LogP contribution < -0.4 is 4.90 Å². The van der Waals surface area contributed by atoms with Crippen LogP contribution in [0.25, 0.3) is 11.0 Å². The molecule has 0 bridgehead atoms. The van der Waals surface area contributed by atoms with Gasteiger partial charge in [0.2, 0.25) is 0 Å². The molecule has 2 aromatic heterocycles. The summed E-state index contributed by atoms with van der Waals surface area (Å²) in [6.07, 6.45) is 10.2. The molecule has 1 spiro atoms. The SMILES string of the molecule is CCO[C@@H]1C[C@@H](N(C)c2ncnc3c2cnn3C)C12CCCC2. The van der Waals surface area contributed by atoms with E-state index in [2.05, 4.69) is 33.9 Å². The Kier molecular flexibility index (Phi) is 3.52. The summed E-state index contributed by atoms with van der Waals surface area (Å²) < 4.78 is 7.86. The minimum Gasteiger partial charge on any atom is -0.378 e. The van der Waals surface area contributed by atoms with Crippen molar-refractivity contribution in [2.24, 2.45) is 12.5 Å². The molecule has 0 radical (unpaired) electrons. The first-order chi connectivity index (χ1) is 11.2. The maximum absolute atomic E-state index is 6.05. The predicted octanol–water partition coefficient (Wildman–Crippen LogP) is 2.54. The third kappa shape index (κ3) is 2.07. The van der Waals surface area contributed by atoms with E-state index < -0.39 is 0 Å². The second-order valence-corrected chi connectivity index (χ2v) is 6.95. The number of ether oxygens (including phenoxy) is 1. The summed E-state index contributed by atoms with van der Waals surface area (Å²) in [5.41, 5.74) is 1.20. The molecule has 2 aromatic rings. The molecule has 23 heavy (non-hydrogen) atoms. The monoisotopic (exact) mass is 315 g/mol. The summed E-state index contributed by atoms with van der Waals surface area (Å²) in [4.78, 5) is 11.3. The van der Waals surface area contributed by atoms with Gasteiger partial charge in [-0.3, -0.25) is 4.68 Å². The normalized spacial score (nSPS) is 25.9. The van der Waals surface area contributed by atoms with Crippen molar-refractivity contribution in [2.45, 2.75) is 51.2 Å². The molecule has 0 saturated heterocycles. The van der Waals surface area contributed by atoms with Gasteiger partial charge < -0.3 is 9.64 Å². The molecule has 6 nitrogen and oxygen atoms in total. The lowest BCUT2D eigenvalue weighted by molar-refractivity contribution is -0.121. The van der Waals surface area contributed by atoms with Crippen LogP contribution in [-0.4, -0.2) is 45.5 Å². The molecular weight excluding hydrogens is 290 g/mol. The Hall–Kier alpha value is -1.69. The van der Waals surface area contributed by atoms with E-state index in [9.17, 15) is 0 Å². The van der Waals surface area contributed by atoms with Crippen LogP contribution in [0.3, 0.4) is 0 Å². The average Bonchev–Trinajstić information content (AvgIpc) is 3.20. The van der Waals surface area contributed by atoms with Gasteiger partial charge in [-0.15, -0.1) is 0 Å². The fraction of sp³-hybridized carbons (Fsp3) is 0.706. The molecule has 2 aliphatic carbocycles. The lowest BCUT2D eigenvalue weighted by Gasteiger charge is -2.57. The highest BCUT2D eigenvalue weighted by Crippen LogP contribution is 2.57. The number of aromatic nitrogens is 4. The van der Waals surface area contributed by atoms with Crippen LogP contribution >= 0.6 is 0 Å². The maximum Gasteiger partial charge on any atom is 0.163 e. The number of fused-ring (bicyclic) bond motifs is 1. The van der Waals surface area contributed by atoms with Crippen LogP contribution in [0, 0.1) is 5.41 Å². The van der Waals surface area contributed by atoms with Crippen molar-refractivity contribution in [3.8, 4) is 0 Å². The van der Waals surface area contributed by atoms with E-state index >= 15 is 0 Å². The first kappa shape index (κ1) is 14.9. The van der Waals surface area contributed by atoms with Crippen LogP contribution in [0.4, 0.5) is 5.82 Å². The minimum atomic E-state index is 0.310. The van der Waals surface area contributed by atoms with Crippen LogP contribution in [0.1, 0.15) is 39.0 Å². The molecule has 0 unspecified atom stereocenters. The standard InChI is InChI=1S/C17H25N5O/c1-4-23-14-9-13(17(14)7-5-6-8-17)21(2)15-12-10-20-22(3)16(12)19-11-18-15/h10-11,13-14H,4-9H2,1-3H3/t13-,14-/m1/s1. The highest BCUT2D eigenvalue weighted by atomic mass is 16.5. The lowest BCUT2D eigenvalue weighted by Crippen LogP contribution is -2.63. The molecule has 0 aromatic carbocycles. The van der Waals surface area contributed by atoms with Crippen molar-refractivity contribution in [2.75, 3.05) is 18.6 Å². The molecule has 0 N–H and O–H groups in total. The number of anilines is 1. The molecule has 2 fully saturated rings. The fourth-order valence-corrected chi connectivity index (χ4v) is 4.77. The van der Waals surface area contributed by atoms with E-state index in [-0.39, 0.29) is 0 Å². The fourth-order valence-electron chi connectivity index (χ4n) is 4.77. The molecule has 2 saturated carbocycles. The Bertz CT molecular complexity index is 706. The average molecular weight is 315 g/mol. The third-order valence-corrected chi connectivity index (χ3v) is 5.95. The van der Waals surface area contributed by atoms with Crippen LogP contribution in [0.15, 0.2) is 12.5 Å². The zero-order chi connectivity index (χ0) is 16.0. The van der Waals surface area contributed by atoms with E-state index in [1.165, 1.54) is 25.7 Å². The molecule has 2 aliphatic rings. The number of hydrogen-bond donors (Lipinski definition) is 0. The minimum absolute atomic E-state index is 0.310. The molecule has 2 heterocycles. The zero-order valence-electron chi connectivity index (χ0n) is 14.2. The summed E-state index contributed by atoms with van der Waals surface area (Å²) in [6, 6.07) is 0.500. The Morgan fingerprint density at radius 2 is 2.13 bits per heavy atom. The summed E-state index contributed by atoms with van der Waals surface area (Å²) in [5.74, 6) is 0.995. The van der Waals surface area contributed by atoms with Gasteiger partial charge in [-0.25, -0.2) is 9.97 Å². The van der Waals surface area contributed by atoms with Gasteiger partial charge in [-0.1, -0.05) is 12.8 Å². The Morgan fingerprint density at radius 3 is 2.87 bits per heavy atom. The largest absolute Gasteiger partial charge is 0.378 e. The van der Waals surface area contributed by atoms with Crippen molar-refractivity contribution in [1.29, 1.82) is 0 Å². The molecule has 4 rings (SSSR count). The van der Waals surface area contributed by atoms with Gasteiger partial charge in [0.1, 0.15) is 12.1 Å². The molecule has 0 aliphatic heterocycles. The van der Waals surface area contributed by atoms with Gasteiger partial charge in [0.05, 0.1) is 17.7 Å². The Labute approximate surface area is 136 Å². The van der Waals surface area contributed by atoms with Gasteiger partial charge >= 0.3 is 0 Å². The van der Waals surface area contributed by atoms with Gasteiger partial charge in [0.25, 0.3) is 0 Å². The summed E-state index contributed by atoms with van der Waals surface area (Å²) in [7, 11) is 4.09. The van der Waals surface area contributed by atoms with Crippen molar-refractivity contribution >= 4 is 16.9 Å². The van der Waals surface area contributed by atoms with Gasteiger partial charge in [-0.05, 0) is 26.2 Å². The highest BCUT2D eigenvalue weighted by molar-refractivity contribution is 5.86. The second kappa shape index (κ2) is 5.44. The molecule has 6 heteroatoms. The van der Waals surface area contributed by atoms with Crippen LogP contribution in [0.5, 0.6) is 0 Å². The van der Waals surface area contributed by atoms with Gasteiger partial charge in [0, 0.05) is 32.2 Å². The maximum atomic E-state index is 6.05. The van der Waals surface area contributed by atoms with E-state index in [0.29, 0.717) is 17.6 Å². The topological polar surface area (TPSA) is 56.1 Å². The number of hydrogen-bond acceptors (Lipinski definition) is 5. The third-order valence-electron chi connectivity index (χ3n) is 5.95. The lowest BCUT2D eigenvalue weighted by atomic mass is 9.60.